The van der Waals surface area contributed by atoms with Gasteiger partial charge in [-0.15, -0.1) is 0 Å². The Kier molecular flexibility index (Phi) is 6.32. The van der Waals surface area contributed by atoms with Crippen molar-refractivity contribution in [2.45, 2.75) is 65.5 Å². The average molecular weight is 463 g/mol. The number of amides is 1. The Balaban J connectivity index is 1.40. The van der Waals surface area contributed by atoms with Crippen molar-refractivity contribution in [3.63, 3.8) is 0 Å². The van der Waals surface area contributed by atoms with Crippen LogP contribution in [0.15, 0.2) is 36.4 Å². The van der Waals surface area contributed by atoms with Gasteiger partial charge in [-0.25, -0.2) is 4.79 Å². The predicted octanol–water partition coefficient (Wildman–Crippen LogP) is 5.76. The van der Waals surface area contributed by atoms with Crippen molar-refractivity contribution in [1.29, 1.82) is 0 Å². The molecule has 0 unspecified atom stereocenters. The monoisotopic (exact) mass is 462 g/mol. The number of piperidine rings is 3. The summed E-state index contributed by atoms with van der Waals surface area (Å²) in [5, 5.41) is 3.24. The molecule has 1 amide bonds. The fraction of sp³-hybridized carbons (Fsp3) is 0.552. The Labute approximate surface area is 203 Å². The summed E-state index contributed by atoms with van der Waals surface area (Å²) < 4.78 is 12.1. The highest BCUT2D eigenvalue weighted by Crippen LogP contribution is 2.48. The van der Waals surface area contributed by atoms with Gasteiger partial charge in [-0.2, -0.15) is 0 Å². The van der Waals surface area contributed by atoms with Crippen LogP contribution < -0.4 is 10.1 Å². The minimum Gasteiger partial charge on any atom is -0.493 e. The van der Waals surface area contributed by atoms with Crippen molar-refractivity contribution in [1.82, 2.24) is 10.2 Å². The van der Waals surface area contributed by atoms with Gasteiger partial charge in [0, 0.05) is 12.1 Å². The smallest absolute Gasteiger partial charge is 0.407 e. The number of carbonyl (C=O) groups excluding carboxylic acids is 1. The van der Waals surface area contributed by atoms with E-state index < -0.39 is 0 Å². The summed E-state index contributed by atoms with van der Waals surface area (Å²) in [6, 6.07) is 13.1. The molecule has 4 aliphatic rings. The fourth-order valence-corrected chi connectivity index (χ4v) is 6.10. The van der Waals surface area contributed by atoms with Gasteiger partial charge >= 0.3 is 6.09 Å². The van der Waals surface area contributed by atoms with Gasteiger partial charge in [0.25, 0.3) is 0 Å². The molecule has 2 aromatic carbocycles. The molecule has 2 bridgehead atoms. The highest BCUT2D eigenvalue weighted by molar-refractivity contribution is 5.74. The molecule has 5 nitrogen and oxygen atoms in total. The van der Waals surface area contributed by atoms with E-state index in [0.29, 0.717) is 12.5 Å². The highest BCUT2D eigenvalue weighted by atomic mass is 16.6. The molecule has 0 aromatic heterocycles. The van der Waals surface area contributed by atoms with Crippen molar-refractivity contribution in [3.8, 4) is 16.9 Å². The first-order valence-electron chi connectivity index (χ1n) is 13.0. The second-order valence-electron chi connectivity index (χ2n) is 10.9. The lowest BCUT2D eigenvalue weighted by molar-refractivity contribution is -0.0349. The summed E-state index contributed by atoms with van der Waals surface area (Å²) in [6.07, 6.45) is 3.92. The third kappa shape index (κ3) is 4.43. The number of rotatable bonds is 6. The average Bonchev–Trinajstić information content (AvgIpc) is 3.08. The van der Waals surface area contributed by atoms with Crippen LogP contribution in [-0.4, -0.2) is 43.3 Å². The first-order valence-corrected chi connectivity index (χ1v) is 13.0. The number of benzene rings is 2. The van der Waals surface area contributed by atoms with E-state index in [1.54, 1.807) is 0 Å². The Bertz CT molecular complexity index is 1040. The largest absolute Gasteiger partial charge is 0.493 e. The number of nitrogens with one attached hydrogen (secondary N) is 1. The third-order valence-corrected chi connectivity index (χ3v) is 8.07. The van der Waals surface area contributed by atoms with Crippen molar-refractivity contribution in [3.05, 3.63) is 53.1 Å². The zero-order valence-corrected chi connectivity index (χ0v) is 21.0. The Morgan fingerprint density at radius 2 is 1.85 bits per heavy atom. The molecule has 2 atom stereocenters. The fourth-order valence-electron chi connectivity index (χ4n) is 6.10. The van der Waals surface area contributed by atoms with E-state index in [1.807, 2.05) is 6.92 Å². The van der Waals surface area contributed by atoms with Crippen LogP contribution in [0.4, 0.5) is 4.79 Å². The number of fused-ring (bicyclic) bond motifs is 4. The quantitative estimate of drug-likeness (QED) is 0.593. The molecule has 34 heavy (non-hydrogen) atoms. The number of nitrogens with zero attached hydrogens (tertiary/aromatic N) is 1. The number of aryl methyl sites for hydroxylation is 1. The van der Waals surface area contributed by atoms with E-state index in [-0.39, 0.29) is 23.7 Å². The van der Waals surface area contributed by atoms with Crippen LogP contribution in [0.25, 0.3) is 11.1 Å². The first-order chi connectivity index (χ1) is 16.4. The molecule has 6 rings (SSSR count). The first kappa shape index (κ1) is 23.2. The number of carbonyl (C=O) groups is 1. The second-order valence-corrected chi connectivity index (χ2v) is 10.9. The standard InChI is InChI=1S/C29H38N2O3/c1-5-19-7-9-20(10-8-19)23-15-22-17-29(3,4)27(24(22)16-25(23)33-6-2)30-28(32)34-26-18-31-13-11-21(26)12-14-31/h7-10,15-16,21,26-27H,5-6,11-14,17-18H2,1-4H3,(H,30,32)/t26-,27-/m0/s1. The molecule has 0 spiro atoms. The van der Waals surface area contributed by atoms with Crippen LogP contribution in [0.5, 0.6) is 5.75 Å². The van der Waals surface area contributed by atoms with Crippen molar-refractivity contribution < 1.29 is 14.3 Å². The van der Waals surface area contributed by atoms with Crippen LogP contribution in [0.2, 0.25) is 0 Å². The Hall–Kier alpha value is -2.53. The number of hydrogen-bond donors (Lipinski definition) is 1. The lowest BCUT2D eigenvalue weighted by Gasteiger charge is -2.44. The zero-order valence-electron chi connectivity index (χ0n) is 21.0. The molecule has 182 valence electrons. The van der Waals surface area contributed by atoms with Gasteiger partial charge in [-0.3, -0.25) is 4.90 Å². The maximum atomic E-state index is 13.0. The van der Waals surface area contributed by atoms with E-state index in [9.17, 15) is 4.79 Å². The molecule has 1 aliphatic carbocycles. The van der Waals surface area contributed by atoms with Gasteiger partial charge < -0.3 is 14.8 Å². The van der Waals surface area contributed by atoms with Crippen LogP contribution in [0, 0.1) is 11.3 Å². The van der Waals surface area contributed by atoms with E-state index in [4.69, 9.17) is 9.47 Å². The lowest BCUT2D eigenvalue weighted by Crippen LogP contribution is -2.53. The summed E-state index contributed by atoms with van der Waals surface area (Å²) in [6.45, 7) is 12.4. The molecule has 3 fully saturated rings. The number of ether oxygens (including phenoxy) is 2. The maximum absolute atomic E-state index is 13.0. The molecule has 0 radical (unpaired) electrons. The molecule has 5 heteroatoms. The maximum Gasteiger partial charge on any atom is 0.407 e. The molecule has 3 aliphatic heterocycles. The molecule has 0 saturated carbocycles. The van der Waals surface area contributed by atoms with Gasteiger partial charge in [0.05, 0.1) is 12.6 Å². The molecule has 2 aromatic rings. The Morgan fingerprint density at radius 3 is 2.47 bits per heavy atom. The second kappa shape index (κ2) is 9.26. The minimum atomic E-state index is -0.290. The summed E-state index contributed by atoms with van der Waals surface area (Å²) in [5.74, 6) is 1.38. The molecule has 1 N–H and O–H groups in total. The Morgan fingerprint density at radius 1 is 1.12 bits per heavy atom. The van der Waals surface area contributed by atoms with Gasteiger partial charge in [0.2, 0.25) is 0 Å². The minimum absolute atomic E-state index is 0.0129. The summed E-state index contributed by atoms with van der Waals surface area (Å²) in [7, 11) is 0. The lowest BCUT2D eigenvalue weighted by atomic mass is 9.85. The van der Waals surface area contributed by atoms with Crippen LogP contribution in [0.3, 0.4) is 0 Å². The third-order valence-electron chi connectivity index (χ3n) is 8.07. The summed E-state index contributed by atoms with van der Waals surface area (Å²) in [4.78, 5) is 15.4. The van der Waals surface area contributed by atoms with Crippen LogP contribution >= 0.6 is 0 Å². The highest BCUT2D eigenvalue weighted by Gasteiger charge is 2.42. The molecule has 3 heterocycles. The number of alkyl carbamates (subject to hydrolysis) is 1. The van der Waals surface area contributed by atoms with Crippen molar-refractivity contribution >= 4 is 6.09 Å². The van der Waals surface area contributed by atoms with E-state index in [1.165, 1.54) is 16.7 Å². The molecular weight excluding hydrogens is 424 g/mol. The SMILES string of the molecule is CCOc1cc2c(cc1-c1ccc(CC)cc1)CC(C)(C)[C@H]2NC(=O)O[C@H]1CN2CCC1CC2. The van der Waals surface area contributed by atoms with Gasteiger partial charge in [0.15, 0.2) is 0 Å². The molecular formula is C29H38N2O3. The normalized spacial score (nSPS) is 26.7. The summed E-state index contributed by atoms with van der Waals surface area (Å²) in [5.41, 5.74) is 5.93. The van der Waals surface area contributed by atoms with E-state index in [2.05, 4.69) is 67.4 Å². The topological polar surface area (TPSA) is 50.8 Å². The van der Waals surface area contributed by atoms with Crippen molar-refractivity contribution in [2.24, 2.45) is 11.3 Å². The molecule has 3 saturated heterocycles. The van der Waals surface area contributed by atoms with Crippen molar-refractivity contribution in [2.75, 3.05) is 26.2 Å². The van der Waals surface area contributed by atoms with Gasteiger partial charge in [-0.1, -0.05) is 45.0 Å². The van der Waals surface area contributed by atoms with Gasteiger partial charge in [-0.05, 0) is 91.4 Å². The zero-order chi connectivity index (χ0) is 23.9. The predicted molar refractivity (Wildman–Crippen MR) is 135 cm³/mol. The van der Waals surface area contributed by atoms with Gasteiger partial charge in [0.1, 0.15) is 11.9 Å². The summed E-state index contributed by atoms with van der Waals surface area (Å²) >= 11 is 0. The van der Waals surface area contributed by atoms with Crippen LogP contribution in [-0.2, 0) is 17.6 Å². The van der Waals surface area contributed by atoms with Crippen LogP contribution in [0.1, 0.15) is 63.3 Å². The van der Waals surface area contributed by atoms with E-state index >= 15 is 0 Å². The van der Waals surface area contributed by atoms with E-state index in [0.717, 1.165) is 62.2 Å². The number of hydrogen-bond acceptors (Lipinski definition) is 4.